The van der Waals surface area contributed by atoms with Gasteiger partial charge in [-0.05, 0) is 30.5 Å². The molecule has 0 aliphatic rings. The number of carboxylic acids is 1. The molecule has 0 aliphatic heterocycles. The smallest absolute Gasteiger partial charge is 0.326 e. The van der Waals surface area contributed by atoms with Crippen LogP contribution in [0.15, 0.2) is 22.7 Å². The molecule has 0 heterocycles. The summed E-state index contributed by atoms with van der Waals surface area (Å²) in [6, 6.07) is 4.86. The number of carbonyl (C=O) groups is 2. The zero-order chi connectivity index (χ0) is 15.1. The van der Waals surface area contributed by atoms with E-state index in [9.17, 15) is 9.59 Å². The number of aliphatic carboxylic acids is 1. The van der Waals surface area contributed by atoms with E-state index in [0.717, 1.165) is 28.4 Å². The molecular weight excluding hydrogens is 322 g/mol. The zero-order valence-electron chi connectivity index (χ0n) is 11.8. The third-order valence-corrected chi connectivity index (χ3v) is 4.07. The molecule has 0 radical (unpaired) electrons. The van der Waals surface area contributed by atoms with Gasteiger partial charge in [0.1, 0.15) is 6.04 Å². The molecule has 1 amide bonds. The Bertz CT molecular complexity index is 488. The minimum Gasteiger partial charge on any atom is -0.480 e. The lowest BCUT2D eigenvalue weighted by atomic mass is 10.0. The van der Waals surface area contributed by atoms with Gasteiger partial charge < -0.3 is 10.4 Å². The summed E-state index contributed by atoms with van der Waals surface area (Å²) < 4.78 is 0.948. The lowest BCUT2D eigenvalue weighted by Gasteiger charge is -2.15. The Morgan fingerprint density at radius 3 is 2.70 bits per heavy atom. The summed E-state index contributed by atoms with van der Waals surface area (Å²) in [6.45, 7) is 3.92. The van der Waals surface area contributed by atoms with Crippen LogP contribution in [0.5, 0.6) is 0 Å². The Hall–Kier alpha value is -1.36. The first-order valence-corrected chi connectivity index (χ1v) is 7.51. The number of rotatable bonds is 7. The average molecular weight is 342 g/mol. The molecule has 0 spiro atoms. The van der Waals surface area contributed by atoms with Crippen molar-refractivity contribution in [3.63, 3.8) is 0 Å². The van der Waals surface area contributed by atoms with Gasteiger partial charge in [-0.3, -0.25) is 4.79 Å². The van der Waals surface area contributed by atoms with Gasteiger partial charge in [-0.25, -0.2) is 4.79 Å². The van der Waals surface area contributed by atoms with Crippen molar-refractivity contribution in [1.29, 1.82) is 0 Å². The molecule has 20 heavy (non-hydrogen) atoms. The van der Waals surface area contributed by atoms with Crippen LogP contribution in [0.1, 0.15) is 37.3 Å². The molecule has 5 heteroatoms. The zero-order valence-corrected chi connectivity index (χ0v) is 13.4. The van der Waals surface area contributed by atoms with Gasteiger partial charge in [0.15, 0.2) is 0 Å². The highest BCUT2D eigenvalue weighted by Crippen LogP contribution is 2.19. The predicted molar refractivity (Wildman–Crippen MR) is 81.7 cm³/mol. The summed E-state index contributed by atoms with van der Waals surface area (Å²) in [4.78, 5) is 23.1. The summed E-state index contributed by atoms with van der Waals surface area (Å²) in [6.07, 6.45) is 2.35. The molecule has 0 aromatic heterocycles. The number of carbonyl (C=O) groups excluding carboxylic acids is 1. The standard InChI is InChI=1S/C15H20BrNO3/c1-3-4-8-13(15(19)20)17-14(18)9-11-6-5-7-12(16)10(11)2/h5-7,13H,3-4,8-9H2,1-2H3,(H,17,18)(H,19,20). The molecule has 110 valence electrons. The third-order valence-electron chi connectivity index (χ3n) is 3.21. The Morgan fingerprint density at radius 1 is 1.40 bits per heavy atom. The quantitative estimate of drug-likeness (QED) is 0.800. The van der Waals surface area contributed by atoms with Crippen LogP contribution in [0, 0.1) is 6.92 Å². The van der Waals surface area contributed by atoms with Crippen LogP contribution in [0.4, 0.5) is 0 Å². The number of amides is 1. The van der Waals surface area contributed by atoms with Crippen LogP contribution in [0.3, 0.4) is 0 Å². The Kier molecular flexibility index (Phi) is 6.71. The first-order chi connectivity index (χ1) is 9.45. The van der Waals surface area contributed by atoms with Gasteiger partial charge in [-0.15, -0.1) is 0 Å². The van der Waals surface area contributed by atoms with E-state index in [1.54, 1.807) is 0 Å². The van der Waals surface area contributed by atoms with E-state index in [0.29, 0.717) is 6.42 Å². The van der Waals surface area contributed by atoms with Crippen molar-refractivity contribution in [1.82, 2.24) is 5.32 Å². The third kappa shape index (κ3) is 4.96. The lowest BCUT2D eigenvalue weighted by Crippen LogP contribution is -2.41. The molecule has 1 unspecified atom stereocenters. The van der Waals surface area contributed by atoms with Crippen molar-refractivity contribution in [2.24, 2.45) is 0 Å². The molecule has 2 N–H and O–H groups in total. The topological polar surface area (TPSA) is 66.4 Å². The molecule has 1 rings (SSSR count). The van der Waals surface area contributed by atoms with Crippen LogP contribution in [-0.2, 0) is 16.0 Å². The van der Waals surface area contributed by atoms with Crippen molar-refractivity contribution in [2.45, 2.75) is 45.6 Å². The summed E-state index contributed by atoms with van der Waals surface area (Å²) in [7, 11) is 0. The van der Waals surface area contributed by atoms with Crippen molar-refractivity contribution in [3.8, 4) is 0 Å². The maximum atomic E-state index is 12.0. The largest absolute Gasteiger partial charge is 0.480 e. The van der Waals surface area contributed by atoms with Gasteiger partial charge in [-0.2, -0.15) is 0 Å². The average Bonchev–Trinajstić information content (AvgIpc) is 2.39. The highest BCUT2D eigenvalue weighted by molar-refractivity contribution is 9.10. The number of hydrogen-bond donors (Lipinski definition) is 2. The monoisotopic (exact) mass is 341 g/mol. The predicted octanol–water partition coefficient (Wildman–Crippen LogP) is 3.06. The van der Waals surface area contributed by atoms with Gasteiger partial charge in [0.25, 0.3) is 0 Å². The molecule has 0 saturated heterocycles. The van der Waals surface area contributed by atoms with E-state index in [4.69, 9.17) is 5.11 Å². The molecule has 1 aromatic rings. The van der Waals surface area contributed by atoms with Gasteiger partial charge in [-0.1, -0.05) is 47.8 Å². The van der Waals surface area contributed by atoms with E-state index in [1.807, 2.05) is 32.0 Å². The highest BCUT2D eigenvalue weighted by Gasteiger charge is 2.19. The minimum absolute atomic E-state index is 0.196. The first-order valence-electron chi connectivity index (χ1n) is 6.71. The molecular formula is C15H20BrNO3. The number of nitrogens with one attached hydrogen (secondary N) is 1. The maximum absolute atomic E-state index is 12.0. The van der Waals surface area contributed by atoms with Gasteiger partial charge in [0, 0.05) is 4.47 Å². The van der Waals surface area contributed by atoms with Gasteiger partial charge in [0.2, 0.25) is 5.91 Å². The summed E-state index contributed by atoms with van der Waals surface area (Å²) >= 11 is 3.42. The van der Waals surface area contributed by atoms with Crippen molar-refractivity contribution in [3.05, 3.63) is 33.8 Å². The van der Waals surface area contributed by atoms with E-state index in [1.165, 1.54) is 0 Å². The van der Waals surface area contributed by atoms with E-state index >= 15 is 0 Å². The molecule has 1 atom stereocenters. The van der Waals surface area contributed by atoms with Crippen molar-refractivity contribution < 1.29 is 14.7 Å². The number of halogens is 1. The van der Waals surface area contributed by atoms with Gasteiger partial charge >= 0.3 is 5.97 Å². The van der Waals surface area contributed by atoms with Crippen LogP contribution < -0.4 is 5.32 Å². The summed E-state index contributed by atoms with van der Waals surface area (Å²) in [5.41, 5.74) is 1.90. The number of benzene rings is 1. The molecule has 0 fully saturated rings. The fraction of sp³-hybridized carbons (Fsp3) is 0.467. The molecule has 4 nitrogen and oxygen atoms in total. The second-order valence-electron chi connectivity index (χ2n) is 4.80. The lowest BCUT2D eigenvalue weighted by molar-refractivity contribution is -0.142. The van der Waals surface area contributed by atoms with E-state index < -0.39 is 12.0 Å². The minimum atomic E-state index is -0.974. The molecule has 0 bridgehead atoms. The normalized spacial score (nSPS) is 11.9. The Labute approximate surface area is 127 Å². The van der Waals surface area contributed by atoms with Crippen LogP contribution in [0.25, 0.3) is 0 Å². The second kappa shape index (κ2) is 8.04. The Balaban J connectivity index is 2.66. The highest BCUT2D eigenvalue weighted by atomic mass is 79.9. The van der Waals surface area contributed by atoms with E-state index in [-0.39, 0.29) is 12.3 Å². The number of hydrogen-bond acceptors (Lipinski definition) is 2. The van der Waals surface area contributed by atoms with Gasteiger partial charge in [0.05, 0.1) is 6.42 Å². The van der Waals surface area contributed by atoms with E-state index in [2.05, 4.69) is 21.2 Å². The SMILES string of the molecule is CCCCC(NC(=O)Cc1cccc(Br)c1C)C(=O)O. The molecule has 0 saturated carbocycles. The fourth-order valence-corrected chi connectivity index (χ4v) is 2.33. The first kappa shape index (κ1) is 16.7. The maximum Gasteiger partial charge on any atom is 0.326 e. The van der Waals surface area contributed by atoms with Crippen molar-refractivity contribution >= 4 is 27.8 Å². The molecule has 1 aromatic carbocycles. The number of carboxylic acid groups (broad SMARTS) is 1. The number of unbranched alkanes of at least 4 members (excludes halogenated alkanes) is 1. The van der Waals surface area contributed by atoms with Crippen LogP contribution >= 0.6 is 15.9 Å². The van der Waals surface area contributed by atoms with Crippen molar-refractivity contribution in [2.75, 3.05) is 0 Å². The summed E-state index contributed by atoms with van der Waals surface area (Å²) in [5.74, 6) is -1.23. The Morgan fingerprint density at radius 2 is 2.10 bits per heavy atom. The molecule has 0 aliphatic carbocycles. The van der Waals surface area contributed by atoms with Crippen LogP contribution in [0.2, 0.25) is 0 Å². The fourth-order valence-electron chi connectivity index (χ4n) is 1.93. The summed E-state index contributed by atoms with van der Waals surface area (Å²) in [5, 5.41) is 11.7. The second-order valence-corrected chi connectivity index (χ2v) is 5.66. The van der Waals surface area contributed by atoms with Crippen LogP contribution in [-0.4, -0.2) is 23.0 Å².